The van der Waals surface area contributed by atoms with Gasteiger partial charge in [0.25, 0.3) is 0 Å². The molecule has 16 heavy (non-hydrogen) atoms. The maximum atomic E-state index is 11.7. The third-order valence-electron chi connectivity index (χ3n) is 2.26. The van der Waals surface area contributed by atoms with Crippen LogP contribution >= 0.6 is 12.2 Å². The number of nitrogens with two attached hydrogens (primary N) is 1. The summed E-state index contributed by atoms with van der Waals surface area (Å²) >= 11 is 4.81. The van der Waals surface area contributed by atoms with Gasteiger partial charge in [0, 0.05) is 20.8 Å². The molecule has 2 atom stereocenters. The van der Waals surface area contributed by atoms with Gasteiger partial charge in [-0.1, -0.05) is 19.1 Å². The van der Waals surface area contributed by atoms with Gasteiger partial charge in [-0.25, -0.2) is 0 Å². The fraction of sp³-hybridized carbons (Fsp3) is 0.800. The number of carbonyl (C=O) groups excluding carboxylic acids is 1. The number of amides is 1. The number of nitrogens with one attached hydrogen (secondary N) is 1. The smallest absolute Gasteiger partial charge is 0.230 e. The third kappa shape index (κ3) is 5.39. The molecule has 1 amide bonds. The van der Waals surface area contributed by atoms with Crippen molar-refractivity contribution in [2.45, 2.75) is 19.4 Å². The number of carbonyl (C=O) groups is 1. The van der Waals surface area contributed by atoms with Crippen LogP contribution in [0.5, 0.6) is 0 Å². The zero-order valence-electron chi connectivity index (χ0n) is 9.99. The first-order valence-electron chi connectivity index (χ1n) is 5.15. The lowest BCUT2D eigenvalue weighted by atomic mass is 10.1. The number of methoxy groups -OCH3 is 2. The number of hydrogen-bond donors (Lipinski definition) is 2. The van der Waals surface area contributed by atoms with Gasteiger partial charge in [-0.05, 0) is 6.42 Å². The first kappa shape index (κ1) is 15.3. The van der Waals surface area contributed by atoms with E-state index in [1.165, 1.54) is 0 Å². The highest BCUT2D eigenvalue weighted by atomic mass is 32.1. The monoisotopic (exact) mass is 248 g/mol. The van der Waals surface area contributed by atoms with E-state index in [-0.39, 0.29) is 17.0 Å². The van der Waals surface area contributed by atoms with Crippen LogP contribution < -0.4 is 11.1 Å². The van der Waals surface area contributed by atoms with Crippen LogP contribution in [0.25, 0.3) is 0 Å². The van der Waals surface area contributed by atoms with Crippen LogP contribution in [-0.2, 0) is 14.3 Å². The quantitative estimate of drug-likeness (QED) is 0.595. The zero-order valence-corrected chi connectivity index (χ0v) is 10.8. The van der Waals surface area contributed by atoms with Gasteiger partial charge in [0.1, 0.15) is 0 Å². The molecule has 0 rings (SSSR count). The molecule has 94 valence electrons. The molecule has 0 aromatic rings. The van der Waals surface area contributed by atoms with Crippen molar-refractivity contribution in [2.24, 2.45) is 11.7 Å². The Kier molecular flexibility index (Phi) is 8.05. The van der Waals surface area contributed by atoms with Crippen molar-refractivity contribution in [1.29, 1.82) is 0 Å². The molecule has 0 saturated heterocycles. The van der Waals surface area contributed by atoms with Crippen LogP contribution in [0.1, 0.15) is 13.3 Å². The van der Waals surface area contributed by atoms with Crippen molar-refractivity contribution in [3.05, 3.63) is 0 Å². The number of thiocarbonyl (C=S) groups is 1. The summed E-state index contributed by atoms with van der Waals surface area (Å²) in [4.78, 5) is 11.9. The molecular weight excluding hydrogens is 228 g/mol. The van der Waals surface area contributed by atoms with E-state index in [1.54, 1.807) is 14.2 Å². The van der Waals surface area contributed by atoms with Crippen LogP contribution in [0.3, 0.4) is 0 Å². The van der Waals surface area contributed by atoms with E-state index < -0.39 is 5.92 Å². The molecule has 0 aromatic heterocycles. The summed E-state index contributed by atoms with van der Waals surface area (Å²) in [6, 6.07) is 0. The summed E-state index contributed by atoms with van der Waals surface area (Å²) in [6.07, 6.45) is 0.445. The second-order valence-corrected chi connectivity index (χ2v) is 3.89. The highest BCUT2D eigenvalue weighted by molar-refractivity contribution is 7.80. The minimum Gasteiger partial charge on any atom is -0.393 e. The van der Waals surface area contributed by atoms with Crippen molar-refractivity contribution < 1.29 is 14.3 Å². The van der Waals surface area contributed by atoms with Crippen LogP contribution in [0.4, 0.5) is 0 Å². The van der Waals surface area contributed by atoms with E-state index in [9.17, 15) is 4.79 Å². The molecule has 0 aliphatic heterocycles. The molecule has 0 bridgehead atoms. The Balaban J connectivity index is 4.08. The third-order valence-corrected chi connectivity index (χ3v) is 2.54. The highest BCUT2D eigenvalue weighted by Crippen LogP contribution is 2.03. The molecule has 0 spiro atoms. The average molecular weight is 248 g/mol. The molecule has 0 aliphatic rings. The highest BCUT2D eigenvalue weighted by Gasteiger charge is 2.19. The zero-order chi connectivity index (χ0) is 12.6. The maximum absolute atomic E-state index is 11.7. The van der Waals surface area contributed by atoms with Crippen LogP contribution in [0.2, 0.25) is 0 Å². The lowest BCUT2D eigenvalue weighted by Crippen LogP contribution is -2.42. The van der Waals surface area contributed by atoms with Crippen molar-refractivity contribution in [1.82, 2.24) is 5.32 Å². The maximum Gasteiger partial charge on any atom is 0.230 e. The number of hydrogen-bond acceptors (Lipinski definition) is 4. The molecule has 0 saturated carbocycles. The lowest BCUT2D eigenvalue weighted by Gasteiger charge is -2.18. The fourth-order valence-corrected chi connectivity index (χ4v) is 1.52. The number of ether oxygens (including phenoxy) is 2. The minimum atomic E-state index is -0.407. The second-order valence-electron chi connectivity index (χ2n) is 3.42. The summed E-state index contributed by atoms with van der Waals surface area (Å²) < 4.78 is 10.0. The minimum absolute atomic E-state index is 0.155. The average Bonchev–Trinajstić information content (AvgIpc) is 2.24. The first-order chi connectivity index (χ1) is 7.56. The number of rotatable bonds is 8. The van der Waals surface area contributed by atoms with Gasteiger partial charge in [-0.15, -0.1) is 0 Å². The topological polar surface area (TPSA) is 73.6 Å². The summed E-state index contributed by atoms with van der Waals surface area (Å²) in [6.45, 7) is 2.69. The Morgan fingerprint density at radius 1 is 1.50 bits per heavy atom. The lowest BCUT2D eigenvalue weighted by molar-refractivity contribution is -0.123. The predicted molar refractivity (Wildman–Crippen MR) is 66.2 cm³/mol. The summed E-state index contributed by atoms with van der Waals surface area (Å²) in [5.41, 5.74) is 5.46. The van der Waals surface area contributed by atoms with Gasteiger partial charge in [0.15, 0.2) is 0 Å². The molecule has 0 aliphatic carbocycles. The van der Waals surface area contributed by atoms with E-state index in [1.807, 2.05) is 6.92 Å². The Morgan fingerprint density at radius 3 is 2.50 bits per heavy atom. The Morgan fingerprint density at radius 2 is 2.12 bits per heavy atom. The Hall–Kier alpha value is -0.720. The van der Waals surface area contributed by atoms with Crippen LogP contribution in [-0.4, -0.2) is 44.4 Å². The summed E-state index contributed by atoms with van der Waals surface area (Å²) in [5.74, 6) is -0.566. The molecule has 5 nitrogen and oxygen atoms in total. The van der Waals surface area contributed by atoms with E-state index in [0.29, 0.717) is 19.6 Å². The molecule has 0 fully saturated rings. The van der Waals surface area contributed by atoms with Crippen molar-refractivity contribution in [3.8, 4) is 0 Å². The first-order valence-corrected chi connectivity index (χ1v) is 5.56. The Bertz CT molecular complexity index is 236. The molecular formula is C10H20N2O3S. The largest absolute Gasteiger partial charge is 0.393 e. The standard InChI is InChI=1S/C10H20N2O3S/c1-4-8(9(11)16)10(13)12-5-7(15-3)6-14-2/h7-8H,4-6H2,1-3H3,(H2,11,16)(H,12,13). The van der Waals surface area contributed by atoms with E-state index in [2.05, 4.69) is 5.32 Å². The molecule has 0 aromatic carbocycles. The molecule has 2 unspecified atom stereocenters. The van der Waals surface area contributed by atoms with Gasteiger partial charge in [-0.2, -0.15) is 0 Å². The van der Waals surface area contributed by atoms with E-state index in [4.69, 9.17) is 27.4 Å². The van der Waals surface area contributed by atoms with Crippen molar-refractivity contribution in [3.63, 3.8) is 0 Å². The second kappa shape index (κ2) is 8.43. The molecule has 0 heterocycles. The van der Waals surface area contributed by atoms with Crippen molar-refractivity contribution >= 4 is 23.1 Å². The summed E-state index contributed by atoms with van der Waals surface area (Å²) in [7, 11) is 3.15. The van der Waals surface area contributed by atoms with E-state index in [0.717, 1.165) is 0 Å². The van der Waals surface area contributed by atoms with E-state index >= 15 is 0 Å². The van der Waals surface area contributed by atoms with Crippen LogP contribution in [0, 0.1) is 5.92 Å². The van der Waals surface area contributed by atoms with Crippen molar-refractivity contribution in [2.75, 3.05) is 27.4 Å². The van der Waals surface area contributed by atoms with Gasteiger partial charge >= 0.3 is 0 Å². The van der Waals surface area contributed by atoms with Crippen LogP contribution in [0.15, 0.2) is 0 Å². The van der Waals surface area contributed by atoms with Gasteiger partial charge in [0.2, 0.25) is 5.91 Å². The van der Waals surface area contributed by atoms with Gasteiger partial charge in [0.05, 0.1) is 23.6 Å². The Labute approximate surface area is 102 Å². The predicted octanol–water partition coefficient (Wildman–Crippen LogP) is 0.0763. The molecule has 0 radical (unpaired) electrons. The molecule has 3 N–H and O–H groups in total. The fourth-order valence-electron chi connectivity index (χ4n) is 1.25. The normalized spacial score (nSPS) is 14.2. The SMILES string of the molecule is CCC(C(=O)NCC(COC)OC)C(N)=S. The molecule has 6 heteroatoms. The summed E-state index contributed by atoms with van der Waals surface area (Å²) in [5, 5.41) is 2.74. The van der Waals surface area contributed by atoms with Gasteiger partial charge in [-0.3, -0.25) is 4.79 Å². The van der Waals surface area contributed by atoms with Gasteiger partial charge < -0.3 is 20.5 Å².